The molecular weight excluding hydrogens is 165 g/mol. The standard InChI is InChI=1S/C11H10FN/c12-11-3-1-8(2-4-11)5-9-6-10(9)7-13/h1-4,9-10H,5-6H2. The maximum absolute atomic E-state index is 12.5. The van der Waals surface area contributed by atoms with Crippen LogP contribution in [0.15, 0.2) is 24.3 Å². The first kappa shape index (κ1) is 8.25. The van der Waals surface area contributed by atoms with Crippen molar-refractivity contribution >= 4 is 0 Å². The van der Waals surface area contributed by atoms with Crippen LogP contribution in [0.2, 0.25) is 0 Å². The lowest BCUT2D eigenvalue weighted by atomic mass is 10.1. The predicted octanol–water partition coefficient (Wildman–Crippen LogP) is 2.53. The van der Waals surface area contributed by atoms with Crippen molar-refractivity contribution in [2.75, 3.05) is 0 Å². The third-order valence-electron chi connectivity index (χ3n) is 2.50. The molecule has 13 heavy (non-hydrogen) atoms. The largest absolute Gasteiger partial charge is 0.207 e. The molecule has 1 fully saturated rings. The summed E-state index contributed by atoms with van der Waals surface area (Å²) < 4.78 is 12.5. The third kappa shape index (κ3) is 1.86. The smallest absolute Gasteiger partial charge is 0.123 e. The van der Waals surface area contributed by atoms with E-state index in [-0.39, 0.29) is 11.7 Å². The second-order valence-corrected chi connectivity index (χ2v) is 3.56. The topological polar surface area (TPSA) is 23.8 Å². The summed E-state index contributed by atoms with van der Waals surface area (Å²) in [5.41, 5.74) is 1.13. The lowest BCUT2D eigenvalue weighted by Gasteiger charge is -1.97. The van der Waals surface area contributed by atoms with Gasteiger partial charge in [0.05, 0.1) is 6.07 Å². The summed E-state index contributed by atoms with van der Waals surface area (Å²) in [5.74, 6) is 0.553. The number of hydrogen-bond donors (Lipinski definition) is 0. The van der Waals surface area contributed by atoms with Crippen molar-refractivity contribution in [1.82, 2.24) is 0 Å². The Morgan fingerprint density at radius 2 is 2.08 bits per heavy atom. The molecule has 1 saturated carbocycles. The van der Waals surface area contributed by atoms with Gasteiger partial charge in [0.15, 0.2) is 0 Å². The summed E-state index contributed by atoms with van der Waals surface area (Å²) >= 11 is 0. The summed E-state index contributed by atoms with van der Waals surface area (Å²) in [6, 6.07) is 8.78. The molecule has 0 spiro atoms. The quantitative estimate of drug-likeness (QED) is 0.677. The molecule has 1 nitrogen and oxygen atoms in total. The molecule has 1 aromatic carbocycles. The molecule has 0 saturated heterocycles. The van der Waals surface area contributed by atoms with Gasteiger partial charge >= 0.3 is 0 Å². The van der Waals surface area contributed by atoms with Crippen molar-refractivity contribution < 1.29 is 4.39 Å². The van der Waals surface area contributed by atoms with Crippen molar-refractivity contribution in [3.05, 3.63) is 35.6 Å². The lowest BCUT2D eigenvalue weighted by molar-refractivity contribution is 0.626. The van der Waals surface area contributed by atoms with E-state index in [4.69, 9.17) is 5.26 Å². The Balaban J connectivity index is 1.97. The van der Waals surface area contributed by atoms with E-state index in [1.54, 1.807) is 12.1 Å². The van der Waals surface area contributed by atoms with Crippen LogP contribution in [0.5, 0.6) is 0 Å². The highest BCUT2D eigenvalue weighted by atomic mass is 19.1. The fourth-order valence-electron chi connectivity index (χ4n) is 1.55. The van der Waals surface area contributed by atoms with E-state index in [0.717, 1.165) is 18.4 Å². The number of rotatable bonds is 2. The Morgan fingerprint density at radius 3 is 2.62 bits per heavy atom. The van der Waals surface area contributed by atoms with E-state index in [0.29, 0.717) is 5.92 Å². The molecule has 0 bridgehead atoms. The van der Waals surface area contributed by atoms with Crippen molar-refractivity contribution in [1.29, 1.82) is 5.26 Å². The summed E-state index contributed by atoms with van der Waals surface area (Å²) in [6.45, 7) is 0. The number of halogens is 1. The molecule has 2 unspecified atom stereocenters. The maximum Gasteiger partial charge on any atom is 0.123 e. The number of benzene rings is 1. The average Bonchev–Trinajstić information content (AvgIpc) is 2.88. The van der Waals surface area contributed by atoms with Crippen LogP contribution in [0.25, 0.3) is 0 Å². The van der Waals surface area contributed by atoms with Gasteiger partial charge in [0.1, 0.15) is 5.82 Å². The molecule has 0 aliphatic heterocycles. The Bertz CT molecular complexity index is 336. The van der Waals surface area contributed by atoms with Gasteiger partial charge in [-0.1, -0.05) is 12.1 Å². The highest BCUT2D eigenvalue weighted by molar-refractivity contribution is 5.19. The van der Waals surface area contributed by atoms with Crippen molar-refractivity contribution in [3.63, 3.8) is 0 Å². The molecule has 0 N–H and O–H groups in total. The minimum absolute atomic E-state index is 0.198. The van der Waals surface area contributed by atoms with Gasteiger partial charge < -0.3 is 0 Å². The van der Waals surface area contributed by atoms with E-state index in [9.17, 15) is 4.39 Å². The monoisotopic (exact) mass is 175 g/mol. The summed E-state index contributed by atoms with van der Waals surface area (Å²) in [6.07, 6.45) is 1.92. The van der Waals surface area contributed by atoms with Gasteiger partial charge in [-0.3, -0.25) is 0 Å². The minimum Gasteiger partial charge on any atom is -0.207 e. The SMILES string of the molecule is N#CC1CC1Cc1ccc(F)cc1. The van der Waals surface area contributed by atoms with Gasteiger partial charge in [-0.15, -0.1) is 0 Å². The zero-order valence-corrected chi connectivity index (χ0v) is 7.20. The predicted molar refractivity (Wildman–Crippen MR) is 47.3 cm³/mol. The number of nitriles is 1. The first-order valence-electron chi connectivity index (χ1n) is 4.43. The van der Waals surface area contributed by atoms with Crippen molar-refractivity contribution in [2.45, 2.75) is 12.8 Å². The fourth-order valence-corrected chi connectivity index (χ4v) is 1.55. The van der Waals surface area contributed by atoms with Gasteiger partial charge in [0.25, 0.3) is 0 Å². The van der Waals surface area contributed by atoms with Crippen molar-refractivity contribution in [2.24, 2.45) is 11.8 Å². The first-order valence-corrected chi connectivity index (χ1v) is 4.43. The number of nitrogens with zero attached hydrogens (tertiary/aromatic N) is 1. The molecule has 0 aromatic heterocycles. The molecule has 0 radical (unpaired) electrons. The molecule has 1 aliphatic rings. The molecule has 2 rings (SSSR count). The van der Waals surface area contributed by atoms with Crippen LogP contribution >= 0.6 is 0 Å². The van der Waals surface area contributed by atoms with Gasteiger partial charge in [-0.2, -0.15) is 5.26 Å². The van der Waals surface area contributed by atoms with E-state index in [2.05, 4.69) is 6.07 Å². The minimum atomic E-state index is -0.198. The van der Waals surface area contributed by atoms with Crippen LogP contribution in [0, 0.1) is 29.0 Å². The van der Waals surface area contributed by atoms with Crippen molar-refractivity contribution in [3.8, 4) is 6.07 Å². The second-order valence-electron chi connectivity index (χ2n) is 3.56. The zero-order valence-electron chi connectivity index (χ0n) is 7.20. The molecular formula is C11H10FN. The highest BCUT2D eigenvalue weighted by Gasteiger charge is 2.36. The second kappa shape index (κ2) is 3.18. The van der Waals surface area contributed by atoms with E-state index in [1.165, 1.54) is 12.1 Å². The maximum atomic E-state index is 12.5. The summed E-state index contributed by atoms with van der Waals surface area (Å²) in [4.78, 5) is 0. The molecule has 2 atom stereocenters. The van der Waals surface area contributed by atoms with E-state index < -0.39 is 0 Å². The van der Waals surface area contributed by atoms with E-state index in [1.807, 2.05) is 0 Å². The van der Waals surface area contributed by atoms with E-state index >= 15 is 0 Å². The van der Waals surface area contributed by atoms with Crippen LogP contribution in [0.1, 0.15) is 12.0 Å². The Kier molecular flexibility index (Phi) is 2.02. The normalized spacial score (nSPS) is 25.2. The summed E-state index contributed by atoms with van der Waals surface area (Å²) in [5, 5.41) is 8.59. The van der Waals surface area contributed by atoms with Crippen LogP contribution < -0.4 is 0 Å². The number of hydrogen-bond acceptors (Lipinski definition) is 1. The van der Waals surface area contributed by atoms with Crippen LogP contribution in [0.3, 0.4) is 0 Å². The molecule has 0 heterocycles. The van der Waals surface area contributed by atoms with Crippen LogP contribution in [-0.4, -0.2) is 0 Å². The van der Waals surface area contributed by atoms with Gasteiger partial charge in [0, 0.05) is 5.92 Å². The lowest BCUT2D eigenvalue weighted by Crippen LogP contribution is -1.89. The van der Waals surface area contributed by atoms with Gasteiger partial charge in [-0.05, 0) is 36.5 Å². The molecule has 1 aromatic rings. The molecule has 66 valence electrons. The van der Waals surface area contributed by atoms with Gasteiger partial charge in [0.2, 0.25) is 0 Å². The summed E-state index contributed by atoms with van der Waals surface area (Å²) in [7, 11) is 0. The fraction of sp³-hybridized carbons (Fsp3) is 0.364. The Morgan fingerprint density at radius 1 is 1.38 bits per heavy atom. The first-order chi connectivity index (χ1) is 6.29. The Hall–Kier alpha value is -1.36. The van der Waals surface area contributed by atoms with Gasteiger partial charge in [-0.25, -0.2) is 4.39 Å². The molecule has 1 aliphatic carbocycles. The van der Waals surface area contributed by atoms with Crippen LogP contribution in [-0.2, 0) is 6.42 Å². The molecule has 2 heteroatoms. The highest BCUT2D eigenvalue weighted by Crippen LogP contribution is 2.40. The Labute approximate surface area is 76.8 Å². The van der Waals surface area contributed by atoms with Crippen LogP contribution in [0.4, 0.5) is 4.39 Å². The zero-order chi connectivity index (χ0) is 9.26. The average molecular weight is 175 g/mol. The molecule has 0 amide bonds. The third-order valence-corrected chi connectivity index (χ3v) is 2.50.